The fraction of sp³-hybridized carbons (Fsp3) is 0.154. The molecule has 1 aromatic carbocycles. The number of aromatic nitrogens is 4. The third-order valence-corrected chi connectivity index (χ3v) is 3.14. The van der Waals surface area contributed by atoms with Crippen LogP contribution < -0.4 is 0 Å². The van der Waals surface area contributed by atoms with E-state index < -0.39 is 0 Å². The summed E-state index contributed by atoms with van der Waals surface area (Å²) in [4.78, 5) is 0. The van der Waals surface area contributed by atoms with E-state index in [9.17, 15) is 0 Å². The minimum Gasteiger partial charge on any atom is -0.195 e. The van der Waals surface area contributed by atoms with Gasteiger partial charge in [-0.15, -0.1) is 10.2 Å². The SMILES string of the molecule is CC(c1ccccc1)c1nnc2ccc(Cl)nn12. The molecule has 1 unspecified atom stereocenters. The number of halogens is 1. The van der Waals surface area contributed by atoms with E-state index in [0.29, 0.717) is 10.8 Å². The van der Waals surface area contributed by atoms with Gasteiger partial charge in [-0.3, -0.25) is 0 Å². The van der Waals surface area contributed by atoms with Gasteiger partial charge in [0, 0.05) is 5.92 Å². The van der Waals surface area contributed by atoms with Gasteiger partial charge >= 0.3 is 0 Å². The average Bonchev–Trinajstić information content (AvgIpc) is 2.82. The Bertz CT molecular complexity index is 678. The number of benzene rings is 1. The average molecular weight is 259 g/mol. The van der Waals surface area contributed by atoms with Crippen molar-refractivity contribution in [3.63, 3.8) is 0 Å². The third-order valence-electron chi connectivity index (χ3n) is 2.94. The molecule has 1 atom stereocenters. The third kappa shape index (κ3) is 1.84. The Labute approximate surface area is 109 Å². The Kier molecular flexibility index (Phi) is 2.72. The summed E-state index contributed by atoms with van der Waals surface area (Å²) in [6.45, 7) is 2.08. The zero-order valence-corrected chi connectivity index (χ0v) is 10.5. The molecule has 0 spiro atoms. The Morgan fingerprint density at radius 2 is 1.83 bits per heavy atom. The van der Waals surface area contributed by atoms with Crippen molar-refractivity contribution in [1.82, 2.24) is 19.8 Å². The molecule has 3 aromatic rings. The lowest BCUT2D eigenvalue weighted by atomic mass is 10.0. The summed E-state index contributed by atoms with van der Waals surface area (Å²) >= 11 is 5.91. The van der Waals surface area contributed by atoms with Crippen molar-refractivity contribution in [2.45, 2.75) is 12.8 Å². The number of hydrogen-bond acceptors (Lipinski definition) is 3. The van der Waals surface area contributed by atoms with Crippen molar-refractivity contribution < 1.29 is 0 Å². The molecule has 18 heavy (non-hydrogen) atoms. The zero-order chi connectivity index (χ0) is 12.5. The summed E-state index contributed by atoms with van der Waals surface area (Å²) in [6.07, 6.45) is 0. The van der Waals surface area contributed by atoms with E-state index in [1.54, 1.807) is 10.6 Å². The van der Waals surface area contributed by atoms with E-state index in [-0.39, 0.29) is 5.92 Å². The Balaban J connectivity index is 2.12. The molecule has 0 bridgehead atoms. The molecule has 0 aliphatic carbocycles. The molecular formula is C13H11ClN4. The predicted octanol–water partition coefficient (Wildman–Crippen LogP) is 2.93. The molecule has 2 aromatic heterocycles. The lowest BCUT2D eigenvalue weighted by Gasteiger charge is -2.09. The normalized spacial score (nSPS) is 12.8. The Morgan fingerprint density at radius 1 is 1.06 bits per heavy atom. The van der Waals surface area contributed by atoms with Crippen LogP contribution in [0.3, 0.4) is 0 Å². The van der Waals surface area contributed by atoms with Crippen molar-refractivity contribution in [2.24, 2.45) is 0 Å². The smallest absolute Gasteiger partial charge is 0.178 e. The van der Waals surface area contributed by atoms with Crippen LogP contribution in [-0.4, -0.2) is 19.8 Å². The van der Waals surface area contributed by atoms with E-state index in [0.717, 1.165) is 5.82 Å². The van der Waals surface area contributed by atoms with Gasteiger partial charge in [0.2, 0.25) is 0 Å². The molecule has 5 heteroatoms. The van der Waals surface area contributed by atoms with Crippen molar-refractivity contribution in [2.75, 3.05) is 0 Å². The van der Waals surface area contributed by atoms with Gasteiger partial charge in [-0.1, -0.05) is 48.9 Å². The second-order valence-electron chi connectivity index (χ2n) is 4.12. The van der Waals surface area contributed by atoms with E-state index in [4.69, 9.17) is 11.6 Å². The lowest BCUT2D eigenvalue weighted by Crippen LogP contribution is -2.04. The van der Waals surface area contributed by atoms with E-state index in [1.807, 2.05) is 24.3 Å². The molecule has 0 aliphatic heterocycles. The van der Waals surface area contributed by atoms with Crippen molar-refractivity contribution >= 4 is 17.2 Å². The predicted molar refractivity (Wildman–Crippen MR) is 69.8 cm³/mol. The number of rotatable bonds is 2. The first-order valence-electron chi connectivity index (χ1n) is 5.68. The van der Waals surface area contributed by atoms with Crippen LogP contribution in [0.4, 0.5) is 0 Å². The van der Waals surface area contributed by atoms with Crippen LogP contribution >= 0.6 is 11.6 Å². The maximum absolute atomic E-state index is 5.91. The van der Waals surface area contributed by atoms with Crippen molar-refractivity contribution in [3.8, 4) is 0 Å². The molecule has 90 valence electrons. The van der Waals surface area contributed by atoms with Crippen LogP contribution in [0.5, 0.6) is 0 Å². The second kappa shape index (κ2) is 4.38. The molecule has 3 rings (SSSR count). The summed E-state index contributed by atoms with van der Waals surface area (Å²) in [7, 11) is 0. The fourth-order valence-electron chi connectivity index (χ4n) is 1.94. The molecule has 0 aliphatic rings. The van der Waals surface area contributed by atoms with Gasteiger partial charge in [0.05, 0.1) is 0 Å². The van der Waals surface area contributed by atoms with Gasteiger partial charge in [-0.05, 0) is 17.7 Å². The Hall–Kier alpha value is -1.94. The highest BCUT2D eigenvalue weighted by atomic mass is 35.5. The number of hydrogen-bond donors (Lipinski definition) is 0. The summed E-state index contributed by atoms with van der Waals surface area (Å²) in [5, 5.41) is 13.0. The molecule has 0 saturated heterocycles. The molecule has 2 heterocycles. The largest absolute Gasteiger partial charge is 0.195 e. The molecular weight excluding hydrogens is 248 g/mol. The van der Waals surface area contributed by atoms with Crippen molar-refractivity contribution in [3.05, 3.63) is 59.0 Å². The number of nitrogens with zero attached hydrogens (tertiary/aromatic N) is 4. The molecule has 4 nitrogen and oxygen atoms in total. The first kappa shape index (κ1) is 11.2. The van der Waals surface area contributed by atoms with Gasteiger partial charge in [-0.2, -0.15) is 9.61 Å². The summed E-state index contributed by atoms with van der Waals surface area (Å²) in [5.41, 5.74) is 1.88. The highest BCUT2D eigenvalue weighted by Gasteiger charge is 2.16. The van der Waals surface area contributed by atoms with Crippen LogP contribution in [0.1, 0.15) is 24.2 Å². The summed E-state index contributed by atoms with van der Waals surface area (Å²) in [6, 6.07) is 13.7. The maximum Gasteiger partial charge on any atom is 0.178 e. The van der Waals surface area contributed by atoms with Crippen LogP contribution in [-0.2, 0) is 0 Å². The quantitative estimate of drug-likeness (QED) is 0.710. The van der Waals surface area contributed by atoms with E-state index in [2.05, 4.69) is 34.4 Å². The fourth-order valence-corrected chi connectivity index (χ4v) is 2.08. The first-order valence-corrected chi connectivity index (χ1v) is 6.06. The van der Waals surface area contributed by atoms with Gasteiger partial charge in [0.1, 0.15) is 5.15 Å². The second-order valence-corrected chi connectivity index (χ2v) is 4.50. The summed E-state index contributed by atoms with van der Waals surface area (Å²) in [5.74, 6) is 0.908. The van der Waals surface area contributed by atoms with E-state index >= 15 is 0 Å². The van der Waals surface area contributed by atoms with Crippen molar-refractivity contribution in [1.29, 1.82) is 0 Å². The minimum atomic E-state index is 0.118. The highest BCUT2D eigenvalue weighted by Crippen LogP contribution is 2.22. The van der Waals surface area contributed by atoms with Gasteiger partial charge < -0.3 is 0 Å². The molecule has 0 saturated carbocycles. The van der Waals surface area contributed by atoms with Crippen LogP contribution in [0.2, 0.25) is 5.15 Å². The molecule has 0 fully saturated rings. The van der Waals surface area contributed by atoms with Gasteiger partial charge in [0.25, 0.3) is 0 Å². The molecule has 0 N–H and O–H groups in total. The van der Waals surface area contributed by atoms with Crippen LogP contribution in [0.15, 0.2) is 42.5 Å². The standard InChI is InChI=1S/C13H11ClN4/c1-9(10-5-3-2-4-6-10)13-16-15-12-8-7-11(14)17-18(12)13/h2-9H,1H3. The maximum atomic E-state index is 5.91. The lowest BCUT2D eigenvalue weighted by molar-refractivity contribution is 0.750. The molecule has 0 amide bonds. The monoisotopic (exact) mass is 258 g/mol. The van der Waals surface area contributed by atoms with Gasteiger partial charge in [0.15, 0.2) is 11.5 Å². The van der Waals surface area contributed by atoms with E-state index in [1.165, 1.54) is 5.56 Å². The van der Waals surface area contributed by atoms with Gasteiger partial charge in [-0.25, -0.2) is 0 Å². The first-order chi connectivity index (χ1) is 8.75. The molecule has 0 radical (unpaired) electrons. The highest BCUT2D eigenvalue weighted by molar-refractivity contribution is 6.29. The van der Waals surface area contributed by atoms with Crippen LogP contribution in [0, 0.1) is 0 Å². The Morgan fingerprint density at radius 3 is 2.61 bits per heavy atom. The number of fused-ring (bicyclic) bond motifs is 1. The summed E-state index contributed by atoms with van der Waals surface area (Å²) < 4.78 is 1.69. The minimum absolute atomic E-state index is 0.118. The zero-order valence-electron chi connectivity index (χ0n) is 9.79. The topological polar surface area (TPSA) is 43.1 Å². The van der Waals surface area contributed by atoms with Crippen LogP contribution in [0.25, 0.3) is 5.65 Å².